The molecule has 3 rings (SSSR count). The number of nitrogens with zero attached hydrogens (tertiary/aromatic N) is 3. The molecule has 8 heteroatoms. The lowest BCUT2D eigenvalue weighted by Crippen LogP contribution is -2.44. The fourth-order valence-corrected chi connectivity index (χ4v) is 2.61. The normalized spacial score (nSPS) is 17.0. The summed E-state index contributed by atoms with van der Waals surface area (Å²) in [4.78, 5) is 8.82. The van der Waals surface area contributed by atoms with E-state index in [9.17, 15) is 13.2 Å². The molecule has 26 heavy (non-hydrogen) atoms. The zero-order valence-electron chi connectivity index (χ0n) is 14.1. The predicted octanol–water partition coefficient (Wildman–Crippen LogP) is 3.81. The van der Waals surface area contributed by atoms with Crippen LogP contribution in [0.3, 0.4) is 0 Å². The molecule has 1 aromatic heterocycles. The Labute approximate surface area is 148 Å². The Bertz CT molecular complexity index is 835. The SMILES string of the molecule is COc1ccc(C2=NC(C(F)(F)F)N(c3ccncc3)C=C2)cc1OC. The Morgan fingerprint density at radius 2 is 1.69 bits per heavy atom. The third kappa shape index (κ3) is 3.49. The number of hydrogen-bond donors (Lipinski definition) is 0. The van der Waals surface area contributed by atoms with Crippen LogP contribution in [0.5, 0.6) is 11.5 Å². The molecule has 0 bridgehead atoms. The van der Waals surface area contributed by atoms with Crippen molar-refractivity contribution >= 4 is 11.4 Å². The highest BCUT2D eigenvalue weighted by molar-refractivity contribution is 6.10. The molecule has 1 aliphatic rings. The van der Waals surface area contributed by atoms with Gasteiger partial charge in [0.1, 0.15) is 0 Å². The minimum Gasteiger partial charge on any atom is -0.493 e. The molecule has 1 aromatic carbocycles. The van der Waals surface area contributed by atoms with Crippen LogP contribution in [-0.2, 0) is 0 Å². The Hall–Kier alpha value is -3.03. The summed E-state index contributed by atoms with van der Waals surface area (Å²) < 4.78 is 51.1. The third-order valence-corrected chi connectivity index (χ3v) is 3.85. The van der Waals surface area contributed by atoms with Crippen LogP contribution >= 0.6 is 0 Å². The molecule has 0 amide bonds. The van der Waals surface area contributed by atoms with Crippen molar-refractivity contribution in [1.82, 2.24) is 4.98 Å². The molecule has 0 N–H and O–H groups in total. The van der Waals surface area contributed by atoms with E-state index in [4.69, 9.17) is 9.47 Å². The minimum absolute atomic E-state index is 0.207. The molecule has 0 aliphatic carbocycles. The average molecular weight is 363 g/mol. The molecule has 5 nitrogen and oxygen atoms in total. The number of aliphatic imine (C=N–C) groups is 1. The van der Waals surface area contributed by atoms with E-state index < -0.39 is 12.3 Å². The number of methoxy groups -OCH3 is 2. The number of allylic oxidation sites excluding steroid dienone is 1. The topological polar surface area (TPSA) is 47.0 Å². The maximum Gasteiger partial charge on any atom is 0.429 e. The molecule has 0 spiro atoms. The second-order valence-corrected chi connectivity index (χ2v) is 5.43. The molecule has 0 saturated heterocycles. The number of rotatable bonds is 4. The van der Waals surface area contributed by atoms with E-state index >= 15 is 0 Å². The first-order valence-corrected chi connectivity index (χ1v) is 7.67. The summed E-state index contributed by atoms with van der Waals surface area (Å²) in [6.45, 7) is 0. The van der Waals surface area contributed by atoms with Gasteiger partial charge in [0.05, 0.1) is 19.9 Å². The van der Waals surface area contributed by atoms with Crippen molar-refractivity contribution in [3.63, 3.8) is 0 Å². The van der Waals surface area contributed by atoms with Gasteiger partial charge >= 0.3 is 6.18 Å². The van der Waals surface area contributed by atoms with Gasteiger partial charge < -0.3 is 14.4 Å². The van der Waals surface area contributed by atoms with E-state index in [0.29, 0.717) is 22.7 Å². The Balaban J connectivity index is 2.00. The van der Waals surface area contributed by atoms with E-state index in [1.165, 1.54) is 51.0 Å². The molecule has 1 atom stereocenters. The van der Waals surface area contributed by atoms with E-state index in [2.05, 4.69) is 9.98 Å². The molecular weight excluding hydrogens is 347 g/mol. The molecule has 0 radical (unpaired) electrons. The van der Waals surface area contributed by atoms with Crippen molar-refractivity contribution in [2.75, 3.05) is 19.1 Å². The molecule has 136 valence electrons. The molecular formula is C18H16F3N3O2. The number of hydrogen-bond acceptors (Lipinski definition) is 5. The fraction of sp³-hybridized carbons (Fsp3) is 0.222. The summed E-state index contributed by atoms with van der Waals surface area (Å²) in [6.07, 6.45) is -0.807. The number of pyridine rings is 1. The summed E-state index contributed by atoms with van der Waals surface area (Å²) in [7, 11) is 2.95. The third-order valence-electron chi connectivity index (χ3n) is 3.85. The van der Waals surface area contributed by atoms with Crippen molar-refractivity contribution in [1.29, 1.82) is 0 Å². The lowest BCUT2D eigenvalue weighted by atomic mass is 10.1. The first kappa shape index (κ1) is 17.8. The zero-order chi connectivity index (χ0) is 18.7. The zero-order valence-corrected chi connectivity index (χ0v) is 14.1. The second-order valence-electron chi connectivity index (χ2n) is 5.43. The maximum absolute atomic E-state index is 13.6. The van der Waals surface area contributed by atoms with Crippen LogP contribution in [0.25, 0.3) is 0 Å². The van der Waals surface area contributed by atoms with Gasteiger partial charge in [-0.25, -0.2) is 4.99 Å². The second kappa shape index (κ2) is 7.07. The standard InChI is InChI=1S/C18H16F3N3O2/c1-25-15-4-3-12(11-16(15)26-2)14-7-10-24(13-5-8-22-9-6-13)17(23-14)18(19,20)21/h3-11,17H,1-2H3. The van der Waals surface area contributed by atoms with Gasteiger partial charge in [-0.15, -0.1) is 0 Å². The molecule has 1 unspecified atom stereocenters. The quantitative estimate of drug-likeness (QED) is 0.829. The van der Waals surface area contributed by atoms with Crippen molar-refractivity contribution in [3.05, 3.63) is 60.6 Å². The van der Waals surface area contributed by atoms with E-state index in [1.807, 2.05) is 0 Å². The average Bonchev–Trinajstić information content (AvgIpc) is 2.67. The van der Waals surface area contributed by atoms with Gasteiger partial charge in [-0.2, -0.15) is 13.2 Å². The number of alkyl halides is 3. The lowest BCUT2D eigenvalue weighted by Gasteiger charge is -2.32. The van der Waals surface area contributed by atoms with Gasteiger partial charge in [0, 0.05) is 29.8 Å². The Morgan fingerprint density at radius 1 is 1.00 bits per heavy atom. The monoisotopic (exact) mass is 363 g/mol. The van der Waals surface area contributed by atoms with Gasteiger partial charge in [-0.3, -0.25) is 4.98 Å². The highest BCUT2D eigenvalue weighted by atomic mass is 19.4. The van der Waals surface area contributed by atoms with Crippen LogP contribution in [0.1, 0.15) is 5.56 Å². The summed E-state index contributed by atoms with van der Waals surface area (Å²) in [6, 6.07) is 7.86. The smallest absolute Gasteiger partial charge is 0.429 e. The first-order valence-electron chi connectivity index (χ1n) is 7.67. The number of anilines is 1. The fourth-order valence-electron chi connectivity index (χ4n) is 2.61. The highest BCUT2D eigenvalue weighted by Gasteiger charge is 2.44. The minimum atomic E-state index is -4.55. The molecule has 1 aliphatic heterocycles. The summed E-state index contributed by atoms with van der Waals surface area (Å²) in [5.74, 6) is 0.906. The van der Waals surface area contributed by atoms with Crippen LogP contribution in [-0.4, -0.2) is 37.3 Å². The molecule has 2 aromatic rings. The van der Waals surface area contributed by atoms with Crippen LogP contribution in [0.15, 0.2) is 60.0 Å². The number of halogens is 3. The van der Waals surface area contributed by atoms with E-state index in [0.717, 1.165) is 4.90 Å². The van der Waals surface area contributed by atoms with Gasteiger partial charge in [-0.05, 0) is 36.4 Å². The molecule has 0 fully saturated rings. The van der Waals surface area contributed by atoms with Gasteiger partial charge in [0.25, 0.3) is 0 Å². The Kier molecular flexibility index (Phi) is 4.83. The predicted molar refractivity (Wildman–Crippen MR) is 91.8 cm³/mol. The first-order chi connectivity index (χ1) is 12.4. The Morgan fingerprint density at radius 3 is 2.31 bits per heavy atom. The summed E-state index contributed by atoms with van der Waals surface area (Å²) >= 11 is 0. The maximum atomic E-state index is 13.6. The molecule has 0 saturated carbocycles. The van der Waals surface area contributed by atoms with Gasteiger partial charge in [-0.1, -0.05) is 0 Å². The highest BCUT2D eigenvalue weighted by Crippen LogP contribution is 2.34. The number of aromatic nitrogens is 1. The van der Waals surface area contributed by atoms with Gasteiger partial charge in [0.2, 0.25) is 6.17 Å². The van der Waals surface area contributed by atoms with Crippen LogP contribution in [0.2, 0.25) is 0 Å². The van der Waals surface area contributed by atoms with Gasteiger partial charge in [0.15, 0.2) is 11.5 Å². The summed E-state index contributed by atoms with van der Waals surface area (Å²) in [5, 5.41) is 0. The lowest BCUT2D eigenvalue weighted by molar-refractivity contribution is -0.145. The van der Waals surface area contributed by atoms with Crippen molar-refractivity contribution in [3.8, 4) is 11.5 Å². The number of benzene rings is 1. The summed E-state index contributed by atoms with van der Waals surface area (Å²) in [5.41, 5.74) is 1.06. The van der Waals surface area contributed by atoms with E-state index in [1.54, 1.807) is 18.2 Å². The van der Waals surface area contributed by atoms with Crippen molar-refractivity contribution in [2.45, 2.75) is 12.3 Å². The van der Waals surface area contributed by atoms with Crippen molar-refractivity contribution < 1.29 is 22.6 Å². The number of ether oxygens (including phenoxy) is 2. The van der Waals surface area contributed by atoms with Crippen LogP contribution in [0, 0.1) is 0 Å². The van der Waals surface area contributed by atoms with E-state index in [-0.39, 0.29) is 5.71 Å². The molecule has 2 heterocycles. The van der Waals surface area contributed by atoms with Crippen LogP contribution < -0.4 is 14.4 Å². The van der Waals surface area contributed by atoms with Crippen LogP contribution in [0.4, 0.5) is 18.9 Å². The van der Waals surface area contributed by atoms with Crippen molar-refractivity contribution in [2.24, 2.45) is 4.99 Å². The largest absolute Gasteiger partial charge is 0.493 e.